The highest BCUT2D eigenvalue weighted by atomic mass is 16.6. The summed E-state index contributed by atoms with van der Waals surface area (Å²) < 4.78 is 4.98. The number of allylic oxidation sites excluding steroid dienone is 3. The topological polar surface area (TPSA) is 92.8 Å². The molecule has 0 fully saturated rings. The van der Waals surface area contributed by atoms with E-state index in [0.717, 1.165) is 0 Å². The third-order valence-electron chi connectivity index (χ3n) is 3.03. The fourth-order valence-corrected chi connectivity index (χ4v) is 2.29. The van der Waals surface area contributed by atoms with Crippen molar-refractivity contribution in [2.75, 3.05) is 0 Å². The predicted octanol–water partition coefficient (Wildman–Crippen LogP) is 2.13. The van der Waals surface area contributed by atoms with Gasteiger partial charge in [0.2, 0.25) is 0 Å². The fourth-order valence-electron chi connectivity index (χ4n) is 2.29. The minimum absolute atomic E-state index is 0.0311. The zero-order valence-corrected chi connectivity index (χ0v) is 12.2. The van der Waals surface area contributed by atoms with Crippen molar-refractivity contribution in [1.29, 1.82) is 0 Å². The SMILES string of the molecule is C=CCc1cc(OB(O)O)c(CC=C)c(CC=C)c1[N+](=O)[O-]. The minimum Gasteiger partial charge on any atom is -0.512 e. The van der Waals surface area contributed by atoms with Crippen molar-refractivity contribution >= 4 is 13.0 Å². The lowest BCUT2D eigenvalue weighted by atomic mass is 9.93. The van der Waals surface area contributed by atoms with Crippen LogP contribution in [0.5, 0.6) is 5.75 Å². The zero-order valence-electron chi connectivity index (χ0n) is 12.2. The van der Waals surface area contributed by atoms with Crippen LogP contribution < -0.4 is 4.65 Å². The van der Waals surface area contributed by atoms with Gasteiger partial charge < -0.3 is 14.7 Å². The van der Waals surface area contributed by atoms with Crippen LogP contribution in [0.3, 0.4) is 0 Å². The molecule has 0 aromatic heterocycles. The van der Waals surface area contributed by atoms with Gasteiger partial charge in [-0.2, -0.15) is 0 Å². The Hall–Kier alpha value is -2.38. The standard InChI is InChI=1S/C15H18BNO5/c1-4-7-11-10-14(22-16(18)19)12(8-5-2)13(9-6-3)15(11)17(20)21/h4-6,10,18-19H,1-3,7-9H2. The second kappa shape index (κ2) is 8.16. The summed E-state index contributed by atoms with van der Waals surface area (Å²) in [5, 5.41) is 29.6. The smallest absolute Gasteiger partial charge is 0.512 e. The van der Waals surface area contributed by atoms with Crippen molar-refractivity contribution in [3.05, 3.63) is 70.8 Å². The molecule has 7 heteroatoms. The lowest BCUT2D eigenvalue weighted by Gasteiger charge is -2.17. The number of benzene rings is 1. The lowest BCUT2D eigenvalue weighted by Crippen LogP contribution is -2.22. The molecular weight excluding hydrogens is 285 g/mol. The van der Waals surface area contributed by atoms with Crippen LogP contribution in [0, 0.1) is 10.1 Å². The molecule has 0 saturated heterocycles. The van der Waals surface area contributed by atoms with Gasteiger partial charge in [0.25, 0.3) is 5.69 Å². The van der Waals surface area contributed by atoms with E-state index in [-0.39, 0.29) is 24.3 Å². The van der Waals surface area contributed by atoms with Gasteiger partial charge in [0.1, 0.15) is 5.75 Å². The number of nitro benzene ring substituents is 1. The van der Waals surface area contributed by atoms with Crippen molar-refractivity contribution in [3.8, 4) is 5.75 Å². The van der Waals surface area contributed by atoms with E-state index in [4.69, 9.17) is 14.7 Å². The highest BCUT2D eigenvalue weighted by Crippen LogP contribution is 2.36. The van der Waals surface area contributed by atoms with Gasteiger partial charge in [0, 0.05) is 16.7 Å². The third-order valence-corrected chi connectivity index (χ3v) is 3.03. The molecule has 6 nitrogen and oxygen atoms in total. The fraction of sp³-hybridized carbons (Fsp3) is 0.200. The molecule has 0 heterocycles. The summed E-state index contributed by atoms with van der Waals surface area (Å²) in [6, 6.07) is 1.44. The second-order valence-corrected chi connectivity index (χ2v) is 4.52. The normalized spacial score (nSPS) is 9.91. The van der Waals surface area contributed by atoms with Crippen LogP contribution in [-0.4, -0.2) is 22.3 Å². The van der Waals surface area contributed by atoms with Gasteiger partial charge in [-0.15, -0.1) is 19.7 Å². The van der Waals surface area contributed by atoms with Crippen LogP contribution in [0.1, 0.15) is 16.7 Å². The largest absolute Gasteiger partial charge is 0.707 e. The molecule has 0 aliphatic carbocycles. The Labute approximate surface area is 129 Å². The number of nitrogens with zero attached hydrogens (tertiary/aromatic N) is 1. The molecular formula is C15H18BNO5. The second-order valence-electron chi connectivity index (χ2n) is 4.52. The van der Waals surface area contributed by atoms with Crippen molar-refractivity contribution < 1.29 is 19.6 Å². The van der Waals surface area contributed by atoms with Crippen molar-refractivity contribution in [2.24, 2.45) is 0 Å². The molecule has 0 bridgehead atoms. The Kier molecular flexibility index (Phi) is 6.56. The van der Waals surface area contributed by atoms with E-state index in [2.05, 4.69) is 19.7 Å². The van der Waals surface area contributed by atoms with Gasteiger partial charge in [-0.25, -0.2) is 0 Å². The first-order valence-electron chi connectivity index (χ1n) is 6.63. The summed E-state index contributed by atoms with van der Waals surface area (Å²) in [6.45, 7) is 10.8. The monoisotopic (exact) mass is 303 g/mol. The average Bonchev–Trinajstić information content (AvgIpc) is 2.42. The van der Waals surface area contributed by atoms with Crippen molar-refractivity contribution in [1.82, 2.24) is 0 Å². The van der Waals surface area contributed by atoms with Gasteiger partial charge in [0.05, 0.1) is 4.92 Å². The molecule has 0 aliphatic rings. The van der Waals surface area contributed by atoms with Gasteiger partial charge >= 0.3 is 7.32 Å². The highest BCUT2D eigenvalue weighted by molar-refractivity contribution is 6.33. The molecule has 1 rings (SSSR count). The molecule has 0 aliphatic heterocycles. The van der Waals surface area contributed by atoms with Gasteiger partial charge in [0.15, 0.2) is 0 Å². The lowest BCUT2D eigenvalue weighted by molar-refractivity contribution is -0.386. The van der Waals surface area contributed by atoms with E-state index < -0.39 is 12.2 Å². The predicted molar refractivity (Wildman–Crippen MR) is 85.6 cm³/mol. The van der Waals surface area contributed by atoms with Crippen LogP contribution in [0.4, 0.5) is 5.69 Å². The number of hydrogen-bond acceptors (Lipinski definition) is 5. The van der Waals surface area contributed by atoms with Crippen LogP contribution in [0.2, 0.25) is 0 Å². The van der Waals surface area contributed by atoms with Gasteiger partial charge in [-0.05, 0) is 25.3 Å². The Morgan fingerprint density at radius 3 is 2.14 bits per heavy atom. The molecule has 2 N–H and O–H groups in total. The minimum atomic E-state index is -2.02. The third kappa shape index (κ3) is 4.06. The number of hydrogen-bond donors (Lipinski definition) is 2. The molecule has 1 aromatic carbocycles. The average molecular weight is 303 g/mol. The summed E-state index contributed by atoms with van der Waals surface area (Å²) in [5.41, 5.74) is 1.27. The van der Waals surface area contributed by atoms with Crippen LogP contribution >= 0.6 is 0 Å². The summed E-state index contributed by atoms with van der Waals surface area (Å²) in [6.07, 6.45) is 5.45. The number of nitro groups is 1. The Bertz CT molecular complexity index is 598. The quantitative estimate of drug-likeness (QED) is 0.315. The molecule has 1 aromatic rings. The zero-order chi connectivity index (χ0) is 16.7. The van der Waals surface area contributed by atoms with Crippen molar-refractivity contribution in [2.45, 2.75) is 19.3 Å². The van der Waals surface area contributed by atoms with E-state index in [0.29, 0.717) is 23.1 Å². The van der Waals surface area contributed by atoms with E-state index in [1.165, 1.54) is 12.1 Å². The molecule has 0 unspecified atom stereocenters. The van der Waals surface area contributed by atoms with Crippen LogP contribution in [0.15, 0.2) is 44.0 Å². The summed E-state index contributed by atoms with van der Waals surface area (Å²) >= 11 is 0. The van der Waals surface area contributed by atoms with Gasteiger partial charge in [-0.3, -0.25) is 10.1 Å². The molecule has 0 atom stereocenters. The maximum atomic E-state index is 11.5. The van der Waals surface area contributed by atoms with Gasteiger partial charge in [-0.1, -0.05) is 18.2 Å². The Morgan fingerprint density at radius 1 is 1.14 bits per heavy atom. The van der Waals surface area contributed by atoms with Crippen LogP contribution in [0.25, 0.3) is 0 Å². The highest BCUT2D eigenvalue weighted by Gasteiger charge is 2.26. The Morgan fingerprint density at radius 2 is 1.68 bits per heavy atom. The van der Waals surface area contributed by atoms with E-state index in [9.17, 15) is 10.1 Å². The molecule has 0 radical (unpaired) electrons. The molecule has 0 saturated carbocycles. The molecule has 0 amide bonds. The molecule has 0 spiro atoms. The maximum Gasteiger partial charge on any atom is 0.707 e. The summed E-state index contributed by atoms with van der Waals surface area (Å²) in [7, 11) is -2.02. The van der Waals surface area contributed by atoms with E-state index in [1.54, 1.807) is 12.2 Å². The van der Waals surface area contributed by atoms with E-state index in [1.807, 2.05) is 0 Å². The molecule has 116 valence electrons. The van der Waals surface area contributed by atoms with E-state index >= 15 is 0 Å². The first-order chi connectivity index (χ1) is 10.5. The maximum absolute atomic E-state index is 11.5. The van der Waals surface area contributed by atoms with Crippen LogP contribution in [-0.2, 0) is 19.3 Å². The first-order valence-corrected chi connectivity index (χ1v) is 6.63. The summed E-state index contributed by atoms with van der Waals surface area (Å²) in [4.78, 5) is 11.0. The number of rotatable bonds is 9. The summed E-state index contributed by atoms with van der Waals surface area (Å²) in [5.74, 6) is 0.175. The van der Waals surface area contributed by atoms with Crippen molar-refractivity contribution in [3.63, 3.8) is 0 Å². The Balaban J connectivity index is 3.69. The molecule has 22 heavy (non-hydrogen) atoms. The first kappa shape index (κ1) is 17.7.